The van der Waals surface area contributed by atoms with Crippen molar-refractivity contribution in [3.63, 3.8) is 0 Å². The minimum atomic E-state index is -0.423. The number of aromatic hydroxyl groups is 1. The molecule has 8 nitrogen and oxygen atoms in total. The number of phenols is 1. The topological polar surface area (TPSA) is 105 Å². The van der Waals surface area contributed by atoms with E-state index in [9.17, 15) is 14.8 Å². The van der Waals surface area contributed by atoms with Crippen molar-refractivity contribution in [1.82, 2.24) is 14.5 Å². The fourth-order valence-electron chi connectivity index (χ4n) is 3.56. The average molecular weight is 433 g/mol. The van der Waals surface area contributed by atoms with Crippen LogP contribution in [0.2, 0.25) is 0 Å². The first-order valence-corrected chi connectivity index (χ1v) is 9.74. The first-order valence-electron chi connectivity index (χ1n) is 9.74. The fourth-order valence-corrected chi connectivity index (χ4v) is 3.56. The summed E-state index contributed by atoms with van der Waals surface area (Å²) < 4.78 is 26.6. The largest absolute Gasteiger partial charge is 0.504 e. The van der Waals surface area contributed by atoms with Crippen LogP contribution in [-0.4, -0.2) is 40.4 Å². The van der Waals surface area contributed by atoms with E-state index in [4.69, 9.17) is 9.47 Å². The Kier molecular flexibility index (Phi) is 5.77. The second-order valence-corrected chi connectivity index (χ2v) is 6.91. The third-order valence-electron chi connectivity index (χ3n) is 5.09. The molecule has 0 saturated carbocycles. The van der Waals surface area contributed by atoms with Crippen molar-refractivity contribution in [1.29, 1.82) is 5.26 Å². The molecule has 2 heterocycles. The van der Waals surface area contributed by atoms with Gasteiger partial charge in [-0.25, -0.2) is 14.4 Å². The number of nitrogens with one attached hydrogen (secondary N) is 1. The second-order valence-electron chi connectivity index (χ2n) is 6.91. The summed E-state index contributed by atoms with van der Waals surface area (Å²) in [5, 5.41) is 23.0. The first-order chi connectivity index (χ1) is 15.5. The van der Waals surface area contributed by atoms with E-state index < -0.39 is 5.82 Å². The summed E-state index contributed by atoms with van der Waals surface area (Å²) in [4.78, 5) is 8.49. The van der Waals surface area contributed by atoms with Gasteiger partial charge < -0.3 is 24.5 Å². The van der Waals surface area contributed by atoms with E-state index in [1.54, 1.807) is 34.9 Å². The second kappa shape index (κ2) is 8.81. The van der Waals surface area contributed by atoms with Crippen LogP contribution in [0.25, 0.3) is 22.2 Å². The van der Waals surface area contributed by atoms with Crippen molar-refractivity contribution >= 4 is 16.7 Å². The Morgan fingerprint density at radius 2 is 1.91 bits per heavy atom. The molecule has 2 N–H and O–H groups in total. The lowest BCUT2D eigenvalue weighted by Crippen LogP contribution is -2.13. The van der Waals surface area contributed by atoms with E-state index in [0.717, 1.165) is 5.56 Å². The molecule has 0 radical (unpaired) electrons. The molecule has 162 valence electrons. The van der Waals surface area contributed by atoms with Crippen molar-refractivity contribution < 1.29 is 19.0 Å². The molecule has 0 atom stereocenters. The molecule has 0 unspecified atom stereocenters. The lowest BCUT2D eigenvalue weighted by molar-refractivity contribution is 0.373. The maximum Gasteiger partial charge on any atom is 0.161 e. The van der Waals surface area contributed by atoms with Gasteiger partial charge in [0.2, 0.25) is 0 Å². The van der Waals surface area contributed by atoms with Crippen LogP contribution in [0.15, 0.2) is 48.8 Å². The van der Waals surface area contributed by atoms with E-state index in [1.165, 1.54) is 32.7 Å². The summed E-state index contributed by atoms with van der Waals surface area (Å²) in [5.74, 6) is 1.04. The van der Waals surface area contributed by atoms with Crippen LogP contribution in [0.1, 0.15) is 5.69 Å². The average Bonchev–Trinajstić information content (AvgIpc) is 3.19. The van der Waals surface area contributed by atoms with Crippen molar-refractivity contribution in [3.8, 4) is 34.6 Å². The summed E-state index contributed by atoms with van der Waals surface area (Å²) in [5.41, 5.74) is 2.05. The van der Waals surface area contributed by atoms with Gasteiger partial charge in [0.05, 0.1) is 25.4 Å². The van der Waals surface area contributed by atoms with Gasteiger partial charge in [-0.3, -0.25) is 0 Å². The number of hydrogen-bond acceptors (Lipinski definition) is 7. The number of phenolic OH excluding ortho intramolecular Hbond substituents is 1. The van der Waals surface area contributed by atoms with Gasteiger partial charge in [0.1, 0.15) is 35.5 Å². The number of aromatic nitrogens is 3. The predicted octanol–water partition coefficient (Wildman–Crippen LogP) is 3.94. The van der Waals surface area contributed by atoms with Crippen LogP contribution < -0.4 is 14.8 Å². The van der Waals surface area contributed by atoms with Crippen LogP contribution in [0.5, 0.6) is 17.2 Å². The van der Waals surface area contributed by atoms with Gasteiger partial charge in [-0.1, -0.05) is 0 Å². The van der Waals surface area contributed by atoms with Crippen molar-refractivity contribution in [2.45, 2.75) is 6.54 Å². The van der Waals surface area contributed by atoms with Crippen LogP contribution >= 0.6 is 0 Å². The van der Waals surface area contributed by atoms with Crippen LogP contribution in [-0.2, 0) is 6.54 Å². The molecule has 0 aliphatic carbocycles. The van der Waals surface area contributed by atoms with Crippen molar-refractivity contribution in [3.05, 3.63) is 60.3 Å². The highest BCUT2D eigenvalue weighted by molar-refractivity contribution is 5.88. The van der Waals surface area contributed by atoms with Crippen LogP contribution in [0.3, 0.4) is 0 Å². The summed E-state index contributed by atoms with van der Waals surface area (Å²) in [7, 11) is 2.98. The molecule has 0 aliphatic rings. The van der Waals surface area contributed by atoms with Gasteiger partial charge in [-0.05, 0) is 36.4 Å². The zero-order valence-corrected chi connectivity index (χ0v) is 17.5. The van der Waals surface area contributed by atoms with Crippen LogP contribution in [0, 0.1) is 17.1 Å². The highest BCUT2D eigenvalue weighted by Crippen LogP contribution is 2.32. The smallest absolute Gasteiger partial charge is 0.161 e. The molecule has 0 saturated heterocycles. The monoisotopic (exact) mass is 433 g/mol. The fraction of sp³-hybridized carbons (Fsp3) is 0.174. The molecule has 2 aromatic heterocycles. The standard InChI is InChI=1S/C23H20FN5O3/c1-31-20-6-4-17(24)23-16(20)10-15(12-25)29(23)8-7-26-22-11-18(27-13-28-22)14-3-5-19(30)21(9-14)32-2/h3-6,9-11,13,30H,7-8H2,1-2H3,(H,26,27,28). The van der Waals surface area contributed by atoms with Gasteiger partial charge in [-0.2, -0.15) is 5.26 Å². The molecule has 0 fully saturated rings. The highest BCUT2D eigenvalue weighted by Gasteiger charge is 2.16. The quantitative estimate of drug-likeness (QED) is 0.455. The minimum absolute atomic E-state index is 0.0414. The van der Waals surface area contributed by atoms with E-state index in [0.29, 0.717) is 52.7 Å². The zero-order chi connectivity index (χ0) is 22.7. The van der Waals surface area contributed by atoms with E-state index in [1.807, 2.05) is 0 Å². The Balaban J connectivity index is 1.55. The molecule has 32 heavy (non-hydrogen) atoms. The molecule has 9 heteroatoms. The number of halogens is 1. The van der Waals surface area contributed by atoms with Gasteiger partial charge in [0.25, 0.3) is 0 Å². The summed E-state index contributed by atoms with van der Waals surface area (Å²) >= 11 is 0. The Hall–Kier alpha value is -4.32. The van der Waals surface area contributed by atoms with Crippen molar-refractivity contribution in [2.75, 3.05) is 26.1 Å². The number of anilines is 1. The van der Waals surface area contributed by atoms with Gasteiger partial charge in [0, 0.05) is 30.1 Å². The number of methoxy groups -OCH3 is 2. The Morgan fingerprint density at radius 3 is 2.66 bits per heavy atom. The van der Waals surface area contributed by atoms with Gasteiger partial charge in [0.15, 0.2) is 11.5 Å². The number of benzene rings is 2. The summed E-state index contributed by atoms with van der Waals surface area (Å²) in [6.45, 7) is 0.729. The highest BCUT2D eigenvalue weighted by atomic mass is 19.1. The van der Waals surface area contributed by atoms with Crippen molar-refractivity contribution in [2.24, 2.45) is 0 Å². The van der Waals surface area contributed by atoms with E-state index in [-0.39, 0.29) is 5.75 Å². The minimum Gasteiger partial charge on any atom is -0.504 e. The molecule has 0 aliphatic heterocycles. The third kappa shape index (κ3) is 3.86. The maximum absolute atomic E-state index is 14.5. The number of fused-ring (bicyclic) bond motifs is 1. The summed E-state index contributed by atoms with van der Waals surface area (Å²) in [6, 6.07) is 13.3. The maximum atomic E-state index is 14.5. The number of ether oxygens (including phenoxy) is 2. The number of nitriles is 1. The van der Waals surface area contributed by atoms with E-state index in [2.05, 4.69) is 21.4 Å². The number of nitrogens with zero attached hydrogens (tertiary/aromatic N) is 4. The molecule has 4 rings (SSSR count). The normalized spacial score (nSPS) is 10.7. The molecular formula is C23H20FN5O3. The number of hydrogen-bond donors (Lipinski definition) is 2. The van der Waals surface area contributed by atoms with Gasteiger partial charge in [-0.15, -0.1) is 0 Å². The third-order valence-corrected chi connectivity index (χ3v) is 5.09. The van der Waals surface area contributed by atoms with Crippen LogP contribution in [0.4, 0.5) is 10.2 Å². The first kappa shape index (κ1) is 20.9. The zero-order valence-electron chi connectivity index (χ0n) is 17.5. The molecule has 0 spiro atoms. The lowest BCUT2D eigenvalue weighted by Gasteiger charge is -2.11. The van der Waals surface area contributed by atoms with E-state index >= 15 is 0 Å². The summed E-state index contributed by atoms with van der Waals surface area (Å²) in [6.07, 6.45) is 1.42. The number of rotatable bonds is 7. The SMILES string of the molecule is COc1cc(-c2cc(NCCn3c(C#N)cc4c(OC)ccc(F)c43)ncn2)ccc1O. The lowest BCUT2D eigenvalue weighted by atomic mass is 10.1. The Bertz CT molecular complexity index is 1330. The Morgan fingerprint density at radius 1 is 1.09 bits per heavy atom. The molecule has 0 amide bonds. The Labute approximate surface area is 183 Å². The van der Waals surface area contributed by atoms with Gasteiger partial charge >= 0.3 is 0 Å². The molecule has 4 aromatic rings. The predicted molar refractivity (Wildman–Crippen MR) is 117 cm³/mol. The molecule has 0 bridgehead atoms. The molecular weight excluding hydrogens is 413 g/mol. The molecule has 2 aromatic carbocycles.